The lowest BCUT2D eigenvalue weighted by Crippen LogP contribution is -2.22. The molecule has 0 amide bonds. The maximum absolute atomic E-state index is 5.05. The first kappa shape index (κ1) is 12.5. The molecule has 4 nitrogen and oxygen atoms in total. The summed E-state index contributed by atoms with van der Waals surface area (Å²) in [5, 5.41) is 3.48. The molecule has 0 saturated carbocycles. The monoisotopic (exact) mass is 229 g/mol. The molecule has 1 atom stereocenters. The highest BCUT2D eigenvalue weighted by molar-refractivity contribution is 6.99. The van der Waals surface area contributed by atoms with Crippen LogP contribution in [0.2, 0.25) is 0 Å². The second kappa shape index (κ2) is 7.73. The number of methoxy groups -OCH3 is 1. The molecule has 15 heavy (non-hydrogen) atoms. The van der Waals surface area contributed by atoms with E-state index in [1.807, 2.05) is 6.20 Å². The Morgan fingerprint density at radius 1 is 1.60 bits per heavy atom. The molecule has 86 valence electrons. The fraction of sp³-hybridized carbons (Fsp3) is 0.800. The van der Waals surface area contributed by atoms with Crippen LogP contribution in [0, 0.1) is 0 Å². The molecule has 1 unspecified atom stereocenters. The number of aromatic nitrogens is 2. The molecule has 1 aromatic heterocycles. The van der Waals surface area contributed by atoms with Crippen LogP contribution in [0.15, 0.2) is 6.20 Å². The minimum Gasteiger partial charge on any atom is -0.385 e. The third-order valence-corrected chi connectivity index (χ3v) is 2.71. The minimum atomic E-state index is 0.332. The lowest BCUT2D eigenvalue weighted by Gasteiger charge is -2.15. The number of nitrogens with one attached hydrogen (secondary N) is 1. The van der Waals surface area contributed by atoms with E-state index in [2.05, 4.69) is 21.0 Å². The predicted molar refractivity (Wildman–Crippen MR) is 62.1 cm³/mol. The Kier molecular flexibility index (Phi) is 6.47. The summed E-state index contributed by atoms with van der Waals surface area (Å²) in [6, 6.07) is 0.332. The van der Waals surface area contributed by atoms with Gasteiger partial charge in [0.25, 0.3) is 0 Å². The molecule has 1 aromatic rings. The van der Waals surface area contributed by atoms with E-state index in [1.54, 1.807) is 7.11 Å². The third kappa shape index (κ3) is 4.68. The van der Waals surface area contributed by atoms with Crippen LogP contribution >= 0.6 is 11.7 Å². The summed E-state index contributed by atoms with van der Waals surface area (Å²) in [6.07, 6.45) is 5.10. The topological polar surface area (TPSA) is 47.0 Å². The zero-order valence-electron chi connectivity index (χ0n) is 9.40. The van der Waals surface area contributed by atoms with E-state index < -0.39 is 0 Å². The van der Waals surface area contributed by atoms with E-state index in [9.17, 15) is 0 Å². The van der Waals surface area contributed by atoms with Crippen molar-refractivity contribution in [3.63, 3.8) is 0 Å². The SMILES string of the molecule is CCCNC(CCCOC)c1cnsn1. The smallest absolute Gasteiger partial charge is 0.0912 e. The van der Waals surface area contributed by atoms with Crippen molar-refractivity contribution in [2.45, 2.75) is 32.2 Å². The minimum absolute atomic E-state index is 0.332. The number of hydrogen-bond acceptors (Lipinski definition) is 5. The van der Waals surface area contributed by atoms with Gasteiger partial charge >= 0.3 is 0 Å². The Morgan fingerprint density at radius 3 is 3.07 bits per heavy atom. The van der Waals surface area contributed by atoms with Crippen LogP contribution in [0.25, 0.3) is 0 Å². The van der Waals surface area contributed by atoms with E-state index >= 15 is 0 Å². The van der Waals surface area contributed by atoms with Crippen molar-refractivity contribution in [3.05, 3.63) is 11.9 Å². The Balaban J connectivity index is 2.39. The number of rotatable bonds is 8. The molecule has 0 aliphatic heterocycles. The van der Waals surface area contributed by atoms with Gasteiger partial charge in [0.1, 0.15) is 0 Å². The summed E-state index contributed by atoms with van der Waals surface area (Å²) < 4.78 is 13.4. The van der Waals surface area contributed by atoms with Gasteiger partial charge in [-0.2, -0.15) is 8.75 Å². The molecule has 0 spiro atoms. The predicted octanol–water partition coefficient (Wildman–Crippen LogP) is 2.01. The molecule has 5 heteroatoms. The lowest BCUT2D eigenvalue weighted by atomic mass is 10.1. The van der Waals surface area contributed by atoms with Crippen LogP contribution in [-0.2, 0) is 4.74 Å². The quantitative estimate of drug-likeness (QED) is 0.693. The van der Waals surface area contributed by atoms with E-state index in [-0.39, 0.29) is 0 Å². The van der Waals surface area contributed by atoms with Crippen molar-refractivity contribution < 1.29 is 4.74 Å². The van der Waals surface area contributed by atoms with Gasteiger partial charge in [0.05, 0.1) is 29.7 Å². The fourth-order valence-corrected chi connectivity index (χ4v) is 1.90. The van der Waals surface area contributed by atoms with Gasteiger partial charge in [0, 0.05) is 13.7 Å². The van der Waals surface area contributed by atoms with Gasteiger partial charge in [-0.25, -0.2) is 0 Å². The second-order valence-corrected chi connectivity index (χ2v) is 4.03. The molecule has 1 rings (SSSR count). The summed E-state index contributed by atoms with van der Waals surface area (Å²) in [7, 11) is 1.73. The van der Waals surface area contributed by atoms with E-state index in [0.717, 1.165) is 38.1 Å². The molecule has 1 N–H and O–H groups in total. The fourth-order valence-electron chi connectivity index (χ4n) is 1.43. The maximum atomic E-state index is 5.05. The van der Waals surface area contributed by atoms with Crippen LogP contribution in [0.5, 0.6) is 0 Å². The Bertz CT molecular complexity index is 241. The van der Waals surface area contributed by atoms with E-state index in [0.29, 0.717) is 6.04 Å². The van der Waals surface area contributed by atoms with E-state index in [4.69, 9.17) is 4.74 Å². The maximum Gasteiger partial charge on any atom is 0.0912 e. The van der Waals surface area contributed by atoms with Gasteiger partial charge in [0.2, 0.25) is 0 Å². The highest BCUT2D eigenvalue weighted by atomic mass is 32.1. The van der Waals surface area contributed by atoms with Crippen LogP contribution < -0.4 is 5.32 Å². The Labute approximate surface area is 95.4 Å². The normalized spacial score (nSPS) is 12.9. The van der Waals surface area contributed by atoms with Crippen LogP contribution in [0.4, 0.5) is 0 Å². The van der Waals surface area contributed by atoms with Crippen LogP contribution in [0.1, 0.15) is 37.9 Å². The lowest BCUT2D eigenvalue weighted by molar-refractivity contribution is 0.188. The average molecular weight is 229 g/mol. The average Bonchev–Trinajstić information content (AvgIpc) is 2.76. The number of hydrogen-bond donors (Lipinski definition) is 1. The van der Waals surface area contributed by atoms with Gasteiger partial charge < -0.3 is 10.1 Å². The molecule has 0 radical (unpaired) electrons. The zero-order valence-corrected chi connectivity index (χ0v) is 10.2. The highest BCUT2D eigenvalue weighted by Gasteiger charge is 2.12. The molecule has 1 heterocycles. The van der Waals surface area contributed by atoms with Gasteiger partial charge in [-0.05, 0) is 25.8 Å². The zero-order chi connectivity index (χ0) is 10.9. The second-order valence-electron chi connectivity index (χ2n) is 3.47. The van der Waals surface area contributed by atoms with Gasteiger partial charge in [-0.1, -0.05) is 6.92 Å². The summed E-state index contributed by atoms with van der Waals surface area (Å²) in [6.45, 7) is 4.00. The largest absolute Gasteiger partial charge is 0.385 e. The Morgan fingerprint density at radius 2 is 2.47 bits per heavy atom. The highest BCUT2D eigenvalue weighted by Crippen LogP contribution is 2.16. The van der Waals surface area contributed by atoms with Crippen molar-refractivity contribution in [2.75, 3.05) is 20.3 Å². The van der Waals surface area contributed by atoms with Crippen LogP contribution in [-0.4, -0.2) is 29.0 Å². The van der Waals surface area contributed by atoms with Crippen LogP contribution in [0.3, 0.4) is 0 Å². The molecular formula is C10H19N3OS. The molecule has 0 aliphatic rings. The first-order valence-electron chi connectivity index (χ1n) is 5.38. The standard InChI is InChI=1S/C10H19N3OS/c1-3-6-11-9(5-4-7-14-2)10-8-12-15-13-10/h8-9,11H,3-7H2,1-2H3. The van der Waals surface area contributed by atoms with Crippen molar-refractivity contribution in [1.82, 2.24) is 14.1 Å². The summed E-state index contributed by atoms with van der Waals surface area (Å²) >= 11 is 1.27. The number of nitrogens with zero attached hydrogens (tertiary/aromatic N) is 2. The van der Waals surface area contributed by atoms with Crippen molar-refractivity contribution in [2.24, 2.45) is 0 Å². The Hall–Kier alpha value is -0.520. The number of ether oxygens (including phenoxy) is 1. The first-order valence-corrected chi connectivity index (χ1v) is 6.11. The van der Waals surface area contributed by atoms with Gasteiger partial charge in [-0.15, -0.1) is 0 Å². The van der Waals surface area contributed by atoms with Crippen molar-refractivity contribution in [1.29, 1.82) is 0 Å². The van der Waals surface area contributed by atoms with Crippen molar-refractivity contribution in [3.8, 4) is 0 Å². The molecule has 0 aliphatic carbocycles. The molecule has 0 bridgehead atoms. The van der Waals surface area contributed by atoms with Gasteiger partial charge in [-0.3, -0.25) is 0 Å². The summed E-state index contributed by atoms with van der Waals surface area (Å²) in [4.78, 5) is 0. The molecule has 0 fully saturated rings. The first-order chi connectivity index (χ1) is 7.38. The van der Waals surface area contributed by atoms with Crippen molar-refractivity contribution >= 4 is 11.7 Å². The third-order valence-electron chi connectivity index (χ3n) is 2.22. The molecular weight excluding hydrogens is 210 g/mol. The summed E-state index contributed by atoms with van der Waals surface area (Å²) in [5.74, 6) is 0. The molecule has 0 aromatic carbocycles. The molecule has 0 saturated heterocycles. The van der Waals surface area contributed by atoms with Gasteiger partial charge in [0.15, 0.2) is 0 Å². The summed E-state index contributed by atoms with van der Waals surface area (Å²) in [5.41, 5.74) is 1.06. The van der Waals surface area contributed by atoms with E-state index in [1.165, 1.54) is 11.7 Å².